The molecule has 0 unspecified atom stereocenters. The molecule has 0 aromatic heterocycles. The van der Waals surface area contributed by atoms with Crippen LogP contribution in [-0.4, -0.2) is 12.0 Å². The van der Waals surface area contributed by atoms with Crippen molar-refractivity contribution >= 4 is 5.69 Å². The number of nitro groups is 1. The third-order valence-corrected chi connectivity index (χ3v) is 2.43. The van der Waals surface area contributed by atoms with E-state index in [1.54, 1.807) is 37.4 Å². The molecular weight excluding hydrogens is 218 g/mol. The molecule has 0 spiro atoms. The highest BCUT2D eigenvalue weighted by atomic mass is 16.6. The highest BCUT2D eigenvalue weighted by molar-refractivity contribution is 5.70. The number of benzene rings is 2. The molecular formula is C13H10NO3. The van der Waals surface area contributed by atoms with Crippen molar-refractivity contribution in [1.29, 1.82) is 0 Å². The van der Waals surface area contributed by atoms with E-state index >= 15 is 0 Å². The van der Waals surface area contributed by atoms with Gasteiger partial charge >= 0.3 is 0 Å². The van der Waals surface area contributed by atoms with Crippen LogP contribution in [0.4, 0.5) is 5.69 Å². The zero-order valence-corrected chi connectivity index (χ0v) is 9.21. The largest absolute Gasteiger partial charge is 0.496 e. The summed E-state index contributed by atoms with van der Waals surface area (Å²) in [7, 11) is 1.59. The number of hydrogen-bond donors (Lipinski definition) is 0. The van der Waals surface area contributed by atoms with Crippen molar-refractivity contribution in [2.24, 2.45) is 0 Å². The molecule has 0 fully saturated rings. The highest BCUT2D eigenvalue weighted by Gasteiger charge is 2.08. The molecule has 85 valence electrons. The maximum Gasteiger partial charge on any atom is 0.269 e. The summed E-state index contributed by atoms with van der Waals surface area (Å²) in [5.74, 6) is 0.720. The Balaban J connectivity index is 2.43. The molecule has 0 aliphatic heterocycles. The van der Waals surface area contributed by atoms with Gasteiger partial charge in [-0.15, -0.1) is 0 Å². The van der Waals surface area contributed by atoms with Crippen molar-refractivity contribution in [3.63, 3.8) is 0 Å². The van der Waals surface area contributed by atoms with Crippen molar-refractivity contribution in [1.82, 2.24) is 0 Å². The van der Waals surface area contributed by atoms with Gasteiger partial charge in [0.1, 0.15) is 5.75 Å². The quantitative estimate of drug-likeness (QED) is 0.599. The van der Waals surface area contributed by atoms with E-state index in [9.17, 15) is 10.1 Å². The van der Waals surface area contributed by atoms with E-state index in [2.05, 4.69) is 6.07 Å². The first-order valence-corrected chi connectivity index (χ1v) is 5.01. The van der Waals surface area contributed by atoms with Crippen LogP contribution in [0.5, 0.6) is 5.75 Å². The first-order valence-electron chi connectivity index (χ1n) is 5.01. The Kier molecular flexibility index (Phi) is 3.05. The molecule has 4 heteroatoms. The summed E-state index contributed by atoms with van der Waals surface area (Å²) in [4.78, 5) is 10.1. The van der Waals surface area contributed by atoms with Crippen LogP contribution in [-0.2, 0) is 0 Å². The molecule has 2 aromatic carbocycles. The minimum Gasteiger partial charge on any atom is -0.496 e. The van der Waals surface area contributed by atoms with Crippen molar-refractivity contribution < 1.29 is 9.66 Å². The van der Waals surface area contributed by atoms with Crippen LogP contribution in [0, 0.1) is 16.2 Å². The number of rotatable bonds is 3. The molecule has 2 aromatic rings. The van der Waals surface area contributed by atoms with Gasteiger partial charge < -0.3 is 4.74 Å². The summed E-state index contributed by atoms with van der Waals surface area (Å²) in [6, 6.07) is 14.7. The van der Waals surface area contributed by atoms with Crippen LogP contribution < -0.4 is 4.74 Å². The minimum atomic E-state index is -0.419. The summed E-state index contributed by atoms with van der Waals surface area (Å²) >= 11 is 0. The third kappa shape index (κ3) is 2.25. The number of non-ortho nitro benzene ring substituents is 1. The predicted molar refractivity (Wildman–Crippen MR) is 63.9 cm³/mol. The Morgan fingerprint density at radius 3 is 2.53 bits per heavy atom. The number of hydrogen-bond acceptors (Lipinski definition) is 3. The smallest absolute Gasteiger partial charge is 0.269 e. The van der Waals surface area contributed by atoms with Gasteiger partial charge in [0.2, 0.25) is 0 Å². The van der Waals surface area contributed by atoms with Gasteiger partial charge in [0.05, 0.1) is 12.0 Å². The maximum absolute atomic E-state index is 10.5. The van der Waals surface area contributed by atoms with Crippen LogP contribution in [0.15, 0.2) is 42.5 Å². The molecule has 2 rings (SSSR count). The Labute approximate surface area is 98.6 Å². The third-order valence-electron chi connectivity index (χ3n) is 2.43. The number of methoxy groups -OCH3 is 1. The molecule has 0 saturated heterocycles. The average Bonchev–Trinajstić information content (AvgIpc) is 2.39. The fourth-order valence-corrected chi connectivity index (χ4v) is 1.58. The molecule has 0 aliphatic carbocycles. The second-order valence-corrected chi connectivity index (χ2v) is 3.43. The molecule has 0 aliphatic rings. The lowest BCUT2D eigenvalue weighted by Gasteiger charge is -2.07. The van der Waals surface area contributed by atoms with Gasteiger partial charge in [-0.2, -0.15) is 0 Å². The minimum absolute atomic E-state index is 0.0765. The fourth-order valence-electron chi connectivity index (χ4n) is 1.58. The van der Waals surface area contributed by atoms with Crippen molar-refractivity contribution in [3.8, 4) is 16.9 Å². The van der Waals surface area contributed by atoms with Crippen LogP contribution in [0.2, 0.25) is 0 Å². The molecule has 17 heavy (non-hydrogen) atoms. The summed E-state index contributed by atoms with van der Waals surface area (Å²) in [6.07, 6.45) is 0. The van der Waals surface area contributed by atoms with E-state index in [4.69, 9.17) is 4.74 Å². The van der Waals surface area contributed by atoms with Gasteiger partial charge in [-0.1, -0.05) is 6.07 Å². The number of ether oxygens (including phenoxy) is 1. The topological polar surface area (TPSA) is 52.4 Å². The lowest BCUT2D eigenvalue weighted by molar-refractivity contribution is -0.384. The Morgan fingerprint density at radius 2 is 1.94 bits per heavy atom. The van der Waals surface area contributed by atoms with Crippen molar-refractivity contribution in [3.05, 3.63) is 58.6 Å². The highest BCUT2D eigenvalue weighted by Crippen LogP contribution is 2.30. The maximum atomic E-state index is 10.5. The van der Waals surface area contributed by atoms with Crippen LogP contribution >= 0.6 is 0 Å². The molecule has 0 heterocycles. The van der Waals surface area contributed by atoms with Gasteiger partial charge in [-0.05, 0) is 35.9 Å². The molecule has 1 radical (unpaired) electrons. The fraction of sp³-hybridized carbons (Fsp3) is 0.0769. The standard InChI is InChI=1S/C13H10NO3/c1-17-13-5-3-2-4-12(13)10-6-8-11(9-7-10)14(15)16/h3-9H,1H3. The van der Waals surface area contributed by atoms with Crippen LogP contribution in [0.1, 0.15) is 0 Å². The Bertz CT molecular complexity index is 535. The second-order valence-electron chi connectivity index (χ2n) is 3.43. The summed E-state index contributed by atoms with van der Waals surface area (Å²) in [5.41, 5.74) is 1.81. The Morgan fingerprint density at radius 1 is 1.24 bits per heavy atom. The van der Waals surface area contributed by atoms with E-state index in [-0.39, 0.29) is 5.69 Å². The SMILES string of the molecule is COc1cc[c]cc1-c1ccc([N+](=O)[O-])cc1. The zero-order valence-electron chi connectivity index (χ0n) is 9.21. The Hall–Kier alpha value is -2.36. The molecule has 4 nitrogen and oxygen atoms in total. The van der Waals surface area contributed by atoms with Gasteiger partial charge in [0.15, 0.2) is 0 Å². The summed E-state index contributed by atoms with van der Waals surface area (Å²) in [6.45, 7) is 0. The molecule has 0 saturated carbocycles. The van der Waals surface area contributed by atoms with E-state index in [0.717, 1.165) is 16.9 Å². The zero-order chi connectivity index (χ0) is 12.3. The number of nitrogens with zero attached hydrogens (tertiary/aromatic N) is 1. The average molecular weight is 228 g/mol. The van der Waals surface area contributed by atoms with Gasteiger partial charge in [0, 0.05) is 17.7 Å². The molecule has 0 atom stereocenters. The van der Waals surface area contributed by atoms with Gasteiger partial charge in [0.25, 0.3) is 5.69 Å². The second kappa shape index (κ2) is 4.65. The lowest BCUT2D eigenvalue weighted by atomic mass is 10.0. The van der Waals surface area contributed by atoms with Crippen LogP contribution in [0.25, 0.3) is 11.1 Å². The first kappa shape index (κ1) is 11.1. The first-order chi connectivity index (χ1) is 8.22. The van der Waals surface area contributed by atoms with Gasteiger partial charge in [-0.25, -0.2) is 0 Å². The summed E-state index contributed by atoms with van der Waals surface area (Å²) < 4.78 is 5.22. The van der Waals surface area contributed by atoms with E-state index in [1.807, 2.05) is 0 Å². The predicted octanol–water partition coefficient (Wildman–Crippen LogP) is 3.07. The van der Waals surface area contributed by atoms with Gasteiger partial charge in [-0.3, -0.25) is 10.1 Å². The van der Waals surface area contributed by atoms with E-state index in [1.165, 1.54) is 12.1 Å². The lowest BCUT2D eigenvalue weighted by Crippen LogP contribution is -1.89. The summed E-state index contributed by atoms with van der Waals surface area (Å²) in [5, 5.41) is 10.5. The molecule has 0 bridgehead atoms. The number of nitro benzene ring substituents is 1. The van der Waals surface area contributed by atoms with Crippen molar-refractivity contribution in [2.45, 2.75) is 0 Å². The van der Waals surface area contributed by atoms with E-state index in [0.29, 0.717) is 0 Å². The van der Waals surface area contributed by atoms with E-state index < -0.39 is 4.92 Å². The normalized spacial score (nSPS) is 9.94. The van der Waals surface area contributed by atoms with Crippen LogP contribution in [0.3, 0.4) is 0 Å². The monoisotopic (exact) mass is 228 g/mol. The molecule has 0 amide bonds. The van der Waals surface area contributed by atoms with Crippen molar-refractivity contribution in [2.75, 3.05) is 7.11 Å². The molecule has 0 N–H and O–H groups in total.